The van der Waals surface area contributed by atoms with E-state index in [0.29, 0.717) is 6.42 Å². The molecule has 0 atom stereocenters. The minimum atomic E-state index is -0.153. The van der Waals surface area contributed by atoms with Crippen molar-refractivity contribution in [2.75, 3.05) is 14.2 Å². The largest absolute Gasteiger partial charge is 0.497 e. The van der Waals surface area contributed by atoms with Crippen molar-refractivity contribution < 1.29 is 14.3 Å². The molecular weight excluding hydrogens is 232 g/mol. The standard InChI is InChI=1S/C13H20N2O3/c1-9-7-10(17-2)8-12(18-3)11(9)5-4-6-13(16)15-14/h7-8H,4-6,14H2,1-3H3,(H,15,16). The van der Waals surface area contributed by atoms with Gasteiger partial charge in [-0.15, -0.1) is 0 Å². The number of carbonyl (C=O) groups excluding carboxylic acids is 1. The maximum atomic E-state index is 11.1. The van der Waals surface area contributed by atoms with E-state index in [1.807, 2.05) is 19.1 Å². The normalized spacial score (nSPS) is 10.0. The van der Waals surface area contributed by atoms with Gasteiger partial charge in [0.15, 0.2) is 0 Å². The summed E-state index contributed by atoms with van der Waals surface area (Å²) in [5.74, 6) is 6.44. The first-order valence-electron chi connectivity index (χ1n) is 5.83. The molecule has 0 unspecified atom stereocenters. The summed E-state index contributed by atoms with van der Waals surface area (Å²) in [7, 11) is 3.25. The third kappa shape index (κ3) is 3.63. The lowest BCUT2D eigenvalue weighted by Crippen LogP contribution is -2.29. The minimum absolute atomic E-state index is 0.153. The quantitative estimate of drug-likeness (QED) is 0.455. The summed E-state index contributed by atoms with van der Waals surface area (Å²) in [6, 6.07) is 3.81. The zero-order valence-corrected chi connectivity index (χ0v) is 11.1. The van der Waals surface area contributed by atoms with Gasteiger partial charge < -0.3 is 9.47 Å². The summed E-state index contributed by atoms with van der Waals surface area (Å²) < 4.78 is 10.5. The van der Waals surface area contributed by atoms with Crippen LogP contribution in [0, 0.1) is 6.92 Å². The molecule has 3 N–H and O–H groups in total. The topological polar surface area (TPSA) is 73.6 Å². The van der Waals surface area contributed by atoms with Crippen molar-refractivity contribution in [2.45, 2.75) is 26.2 Å². The number of hydrazine groups is 1. The van der Waals surface area contributed by atoms with E-state index in [0.717, 1.165) is 35.5 Å². The molecule has 1 aromatic carbocycles. The zero-order valence-electron chi connectivity index (χ0n) is 11.1. The number of hydrogen-bond donors (Lipinski definition) is 2. The highest BCUT2D eigenvalue weighted by Crippen LogP contribution is 2.29. The summed E-state index contributed by atoms with van der Waals surface area (Å²) >= 11 is 0. The molecule has 100 valence electrons. The first-order chi connectivity index (χ1) is 8.62. The van der Waals surface area contributed by atoms with Gasteiger partial charge in [-0.2, -0.15) is 0 Å². The summed E-state index contributed by atoms with van der Waals surface area (Å²) in [5, 5.41) is 0. The van der Waals surface area contributed by atoms with Crippen molar-refractivity contribution in [2.24, 2.45) is 5.84 Å². The smallest absolute Gasteiger partial charge is 0.233 e. The van der Waals surface area contributed by atoms with E-state index < -0.39 is 0 Å². The fraction of sp³-hybridized carbons (Fsp3) is 0.462. The number of rotatable bonds is 6. The molecular formula is C13H20N2O3. The summed E-state index contributed by atoms with van der Waals surface area (Å²) in [6.07, 6.45) is 1.91. The predicted octanol–water partition coefficient (Wildman–Crippen LogP) is 1.32. The van der Waals surface area contributed by atoms with Gasteiger partial charge in [0.1, 0.15) is 11.5 Å². The average molecular weight is 252 g/mol. The first kappa shape index (κ1) is 14.3. The van der Waals surface area contributed by atoms with Crippen LogP contribution in [0.4, 0.5) is 0 Å². The lowest BCUT2D eigenvalue weighted by Gasteiger charge is -2.13. The van der Waals surface area contributed by atoms with Crippen LogP contribution in [0.25, 0.3) is 0 Å². The van der Waals surface area contributed by atoms with Gasteiger partial charge in [-0.3, -0.25) is 10.2 Å². The Hall–Kier alpha value is -1.75. The van der Waals surface area contributed by atoms with Crippen molar-refractivity contribution in [3.8, 4) is 11.5 Å². The van der Waals surface area contributed by atoms with Crippen LogP contribution in [0.5, 0.6) is 11.5 Å². The number of amides is 1. The number of aryl methyl sites for hydroxylation is 1. The Balaban J connectivity index is 2.78. The van der Waals surface area contributed by atoms with E-state index in [-0.39, 0.29) is 5.91 Å². The van der Waals surface area contributed by atoms with E-state index >= 15 is 0 Å². The molecule has 5 nitrogen and oxygen atoms in total. The van der Waals surface area contributed by atoms with Crippen molar-refractivity contribution in [1.82, 2.24) is 5.43 Å². The molecule has 0 aliphatic carbocycles. The molecule has 1 rings (SSSR count). The maximum Gasteiger partial charge on any atom is 0.233 e. The highest BCUT2D eigenvalue weighted by Gasteiger charge is 2.10. The number of methoxy groups -OCH3 is 2. The lowest BCUT2D eigenvalue weighted by molar-refractivity contribution is -0.121. The molecule has 0 heterocycles. The molecule has 0 aromatic heterocycles. The Morgan fingerprint density at radius 1 is 1.33 bits per heavy atom. The van der Waals surface area contributed by atoms with Crippen molar-refractivity contribution in [3.63, 3.8) is 0 Å². The van der Waals surface area contributed by atoms with Crippen molar-refractivity contribution >= 4 is 5.91 Å². The molecule has 0 aliphatic rings. The molecule has 0 fully saturated rings. The second-order valence-electron chi connectivity index (χ2n) is 4.05. The molecule has 0 saturated heterocycles. The molecule has 5 heteroatoms. The van der Waals surface area contributed by atoms with Gasteiger partial charge in [-0.1, -0.05) is 0 Å². The molecule has 0 spiro atoms. The number of benzene rings is 1. The average Bonchev–Trinajstić information content (AvgIpc) is 2.39. The van der Waals surface area contributed by atoms with Crippen molar-refractivity contribution in [1.29, 1.82) is 0 Å². The van der Waals surface area contributed by atoms with Gasteiger partial charge in [0.25, 0.3) is 0 Å². The van der Waals surface area contributed by atoms with Crippen LogP contribution in [0.3, 0.4) is 0 Å². The SMILES string of the molecule is COc1cc(C)c(CCCC(=O)NN)c(OC)c1. The second kappa shape index (κ2) is 6.86. The lowest BCUT2D eigenvalue weighted by atomic mass is 10.0. The Bertz CT molecular complexity index is 419. The van der Waals surface area contributed by atoms with E-state index in [2.05, 4.69) is 5.43 Å². The van der Waals surface area contributed by atoms with Gasteiger partial charge in [0.05, 0.1) is 14.2 Å². The summed E-state index contributed by atoms with van der Waals surface area (Å²) in [5.41, 5.74) is 4.32. The highest BCUT2D eigenvalue weighted by molar-refractivity contribution is 5.75. The monoisotopic (exact) mass is 252 g/mol. The Labute approximate surface area is 107 Å². The molecule has 1 amide bonds. The fourth-order valence-corrected chi connectivity index (χ4v) is 1.87. The predicted molar refractivity (Wildman–Crippen MR) is 69.6 cm³/mol. The van der Waals surface area contributed by atoms with Crippen LogP contribution in [-0.2, 0) is 11.2 Å². The number of hydrogen-bond acceptors (Lipinski definition) is 4. The van der Waals surface area contributed by atoms with Gasteiger partial charge in [0, 0.05) is 12.5 Å². The van der Waals surface area contributed by atoms with Crippen molar-refractivity contribution in [3.05, 3.63) is 23.3 Å². The van der Waals surface area contributed by atoms with E-state index in [9.17, 15) is 4.79 Å². The van der Waals surface area contributed by atoms with Gasteiger partial charge in [0.2, 0.25) is 5.91 Å². The Morgan fingerprint density at radius 2 is 2.06 bits per heavy atom. The minimum Gasteiger partial charge on any atom is -0.497 e. The molecule has 1 aromatic rings. The Kier molecular flexibility index (Phi) is 5.45. The van der Waals surface area contributed by atoms with Gasteiger partial charge >= 0.3 is 0 Å². The molecule has 18 heavy (non-hydrogen) atoms. The second-order valence-corrected chi connectivity index (χ2v) is 4.05. The molecule has 0 saturated carbocycles. The van der Waals surface area contributed by atoms with Crippen LogP contribution in [0.15, 0.2) is 12.1 Å². The molecule has 0 bridgehead atoms. The summed E-state index contributed by atoms with van der Waals surface area (Å²) in [6.45, 7) is 2.00. The number of carbonyl (C=O) groups is 1. The number of nitrogens with two attached hydrogens (primary N) is 1. The van der Waals surface area contributed by atoms with Crippen LogP contribution >= 0.6 is 0 Å². The van der Waals surface area contributed by atoms with Crippen LogP contribution in [0.1, 0.15) is 24.0 Å². The third-order valence-corrected chi connectivity index (χ3v) is 2.85. The molecule has 0 aliphatic heterocycles. The number of nitrogens with one attached hydrogen (secondary N) is 1. The van der Waals surface area contributed by atoms with E-state index in [4.69, 9.17) is 15.3 Å². The first-order valence-corrected chi connectivity index (χ1v) is 5.83. The van der Waals surface area contributed by atoms with Crippen LogP contribution < -0.4 is 20.7 Å². The molecule has 0 radical (unpaired) electrons. The highest BCUT2D eigenvalue weighted by atomic mass is 16.5. The van der Waals surface area contributed by atoms with E-state index in [1.54, 1.807) is 14.2 Å². The zero-order chi connectivity index (χ0) is 13.5. The van der Waals surface area contributed by atoms with Crippen LogP contribution in [-0.4, -0.2) is 20.1 Å². The third-order valence-electron chi connectivity index (χ3n) is 2.85. The van der Waals surface area contributed by atoms with E-state index in [1.165, 1.54) is 0 Å². The van der Waals surface area contributed by atoms with Gasteiger partial charge in [-0.05, 0) is 37.0 Å². The van der Waals surface area contributed by atoms with Crippen LogP contribution in [0.2, 0.25) is 0 Å². The van der Waals surface area contributed by atoms with Gasteiger partial charge in [-0.25, -0.2) is 5.84 Å². The maximum absolute atomic E-state index is 11.1. The number of ether oxygens (including phenoxy) is 2. The fourth-order valence-electron chi connectivity index (χ4n) is 1.87. The Morgan fingerprint density at radius 3 is 2.61 bits per heavy atom. The summed E-state index contributed by atoms with van der Waals surface area (Å²) in [4.78, 5) is 11.1.